The van der Waals surface area contributed by atoms with Crippen molar-refractivity contribution < 1.29 is 14.4 Å². The maximum absolute atomic E-state index is 12.4. The van der Waals surface area contributed by atoms with Crippen molar-refractivity contribution >= 4 is 32.2 Å². The van der Waals surface area contributed by atoms with Crippen LogP contribution in [0.15, 0.2) is 16.9 Å². The molecule has 0 N–H and O–H groups in total. The molecule has 10 heteroatoms. The fourth-order valence-electron chi connectivity index (χ4n) is 3.30. The van der Waals surface area contributed by atoms with Crippen molar-refractivity contribution in [2.24, 2.45) is 0 Å². The van der Waals surface area contributed by atoms with Crippen molar-refractivity contribution in [2.75, 3.05) is 31.2 Å². The second-order valence-electron chi connectivity index (χ2n) is 6.14. The van der Waals surface area contributed by atoms with Gasteiger partial charge >= 0.3 is 0 Å². The van der Waals surface area contributed by atoms with Gasteiger partial charge in [0.2, 0.25) is 0 Å². The normalized spacial score (nSPS) is 19.0. The average molecular weight is 374 g/mol. The number of fused-ring (bicyclic) bond motifs is 1. The highest BCUT2D eigenvalue weighted by Crippen LogP contribution is 2.36. The Kier molecular flexibility index (Phi) is 4.07. The van der Waals surface area contributed by atoms with E-state index in [0.717, 1.165) is 11.3 Å². The zero-order chi connectivity index (χ0) is 18.3. The Balaban J connectivity index is 1.73. The van der Waals surface area contributed by atoms with E-state index in [0.29, 0.717) is 44.3 Å². The molecule has 0 amide bonds. The van der Waals surface area contributed by atoms with E-state index in [1.807, 2.05) is 11.0 Å². The van der Waals surface area contributed by atoms with Gasteiger partial charge in [-0.2, -0.15) is 10.2 Å². The lowest BCUT2D eigenvalue weighted by atomic mass is 10.0. The topological polar surface area (TPSA) is 119 Å². The SMILES string of the molecule is N#Cc1cc([N+](=O)[O-])c2sc(N3CCC4(CC3)OCCO4)nc(=O)c2c1. The highest BCUT2D eigenvalue weighted by Gasteiger charge is 2.40. The zero-order valence-electron chi connectivity index (χ0n) is 13.6. The van der Waals surface area contributed by atoms with Gasteiger partial charge in [0.05, 0.1) is 35.2 Å². The summed E-state index contributed by atoms with van der Waals surface area (Å²) in [7, 11) is 0. The highest BCUT2D eigenvalue weighted by atomic mass is 32.1. The van der Waals surface area contributed by atoms with Crippen LogP contribution in [0, 0.1) is 21.4 Å². The van der Waals surface area contributed by atoms with Crippen molar-refractivity contribution in [1.29, 1.82) is 5.26 Å². The molecular weight excluding hydrogens is 360 g/mol. The number of ether oxygens (including phenoxy) is 2. The van der Waals surface area contributed by atoms with E-state index in [4.69, 9.17) is 14.7 Å². The number of anilines is 1. The van der Waals surface area contributed by atoms with Crippen molar-refractivity contribution in [1.82, 2.24) is 4.98 Å². The molecule has 0 aliphatic carbocycles. The minimum absolute atomic E-state index is 0.0681. The van der Waals surface area contributed by atoms with Crippen LogP contribution in [0.3, 0.4) is 0 Å². The molecule has 3 heterocycles. The molecule has 2 aromatic rings. The third kappa shape index (κ3) is 2.80. The molecule has 0 saturated carbocycles. The molecule has 134 valence electrons. The first-order valence-corrected chi connectivity index (χ1v) is 8.89. The third-order valence-corrected chi connectivity index (χ3v) is 5.79. The number of hydrogen-bond acceptors (Lipinski definition) is 9. The fraction of sp³-hybridized carbons (Fsp3) is 0.438. The molecule has 0 radical (unpaired) electrons. The minimum Gasteiger partial charge on any atom is -0.348 e. The van der Waals surface area contributed by atoms with Crippen LogP contribution in [-0.2, 0) is 9.47 Å². The zero-order valence-corrected chi connectivity index (χ0v) is 14.5. The molecule has 1 spiro atoms. The smallest absolute Gasteiger partial charge is 0.288 e. The summed E-state index contributed by atoms with van der Waals surface area (Å²) in [5.74, 6) is -0.550. The number of hydrogen-bond donors (Lipinski definition) is 0. The number of aromatic nitrogens is 1. The maximum atomic E-state index is 12.4. The van der Waals surface area contributed by atoms with Gasteiger partial charge in [0.25, 0.3) is 11.2 Å². The Morgan fingerprint density at radius 2 is 2.00 bits per heavy atom. The van der Waals surface area contributed by atoms with Crippen LogP contribution >= 0.6 is 11.3 Å². The van der Waals surface area contributed by atoms with Crippen LogP contribution in [-0.4, -0.2) is 42.0 Å². The molecule has 0 atom stereocenters. The maximum Gasteiger partial charge on any atom is 0.288 e. The van der Waals surface area contributed by atoms with E-state index >= 15 is 0 Å². The molecule has 0 unspecified atom stereocenters. The van der Waals surface area contributed by atoms with Crippen molar-refractivity contribution in [3.63, 3.8) is 0 Å². The Hall–Kier alpha value is -2.61. The van der Waals surface area contributed by atoms with Crippen LogP contribution in [0.25, 0.3) is 10.1 Å². The molecule has 1 aromatic heterocycles. The molecule has 2 aliphatic rings. The van der Waals surface area contributed by atoms with E-state index in [-0.39, 0.29) is 21.3 Å². The largest absolute Gasteiger partial charge is 0.348 e. The summed E-state index contributed by atoms with van der Waals surface area (Å²) < 4.78 is 11.6. The van der Waals surface area contributed by atoms with Gasteiger partial charge in [-0.05, 0) is 6.07 Å². The average Bonchev–Trinajstić information content (AvgIpc) is 3.09. The molecule has 4 rings (SSSR count). The molecule has 2 saturated heterocycles. The molecule has 1 aromatic carbocycles. The number of nitro benzene ring substituents is 1. The quantitative estimate of drug-likeness (QED) is 0.576. The van der Waals surface area contributed by atoms with Crippen LogP contribution in [0.1, 0.15) is 18.4 Å². The van der Waals surface area contributed by atoms with Gasteiger partial charge in [-0.3, -0.25) is 14.9 Å². The Bertz CT molecular complexity index is 983. The first kappa shape index (κ1) is 16.8. The number of non-ortho nitro benzene ring substituents is 1. The molecular formula is C16H14N4O5S. The van der Waals surface area contributed by atoms with Crippen LogP contribution in [0.4, 0.5) is 10.8 Å². The summed E-state index contributed by atoms with van der Waals surface area (Å²) in [6.45, 7) is 2.32. The summed E-state index contributed by atoms with van der Waals surface area (Å²) in [5.41, 5.74) is -0.748. The second-order valence-corrected chi connectivity index (χ2v) is 7.11. The van der Waals surface area contributed by atoms with E-state index in [9.17, 15) is 14.9 Å². The summed E-state index contributed by atoms with van der Waals surface area (Å²) in [6, 6.07) is 4.38. The number of nitro groups is 1. The highest BCUT2D eigenvalue weighted by molar-refractivity contribution is 7.22. The Morgan fingerprint density at radius 3 is 2.62 bits per heavy atom. The first-order valence-electron chi connectivity index (χ1n) is 8.08. The first-order chi connectivity index (χ1) is 12.5. The lowest BCUT2D eigenvalue weighted by molar-refractivity contribution is -0.382. The fourth-order valence-corrected chi connectivity index (χ4v) is 4.42. The van der Waals surface area contributed by atoms with Crippen molar-refractivity contribution in [3.05, 3.63) is 38.2 Å². The summed E-state index contributed by atoms with van der Waals surface area (Å²) >= 11 is 1.09. The number of nitrogens with zero attached hydrogens (tertiary/aromatic N) is 4. The Labute approximate surface area is 151 Å². The second kappa shape index (κ2) is 6.28. The molecule has 0 bridgehead atoms. The van der Waals surface area contributed by atoms with Gasteiger partial charge in [0.15, 0.2) is 10.9 Å². The van der Waals surface area contributed by atoms with Crippen LogP contribution in [0.2, 0.25) is 0 Å². The summed E-state index contributed by atoms with van der Waals surface area (Å²) in [5, 5.41) is 20.9. The molecule has 2 aliphatic heterocycles. The molecule has 9 nitrogen and oxygen atoms in total. The lowest BCUT2D eigenvalue weighted by Crippen LogP contribution is -2.45. The number of rotatable bonds is 2. The number of piperidine rings is 1. The van der Waals surface area contributed by atoms with Gasteiger partial charge in [-0.1, -0.05) is 11.3 Å². The van der Waals surface area contributed by atoms with Crippen molar-refractivity contribution in [2.45, 2.75) is 18.6 Å². The predicted octanol–water partition coefficient (Wildman–Crippen LogP) is 1.78. The van der Waals surface area contributed by atoms with Crippen molar-refractivity contribution in [3.8, 4) is 6.07 Å². The van der Waals surface area contributed by atoms with Gasteiger partial charge in [0.1, 0.15) is 4.70 Å². The summed E-state index contributed by atoms with van der Waals surface area (Å²) in [4.78, 5) is 29.2. The van der Waals surface area contributed by atoms with E-state index in [2.05, 4.69) is 4.98 Å². The molecule has 26 heavy (non-hydrogen) atoms. The minimum atomic E-state index is -0.575. The number of benzene rings is 1. The van der Waals surface area contributed by atoms with Crippen LogP contribution < -0.4 is 10.5 Å². The molecule has 2 fully saturated rings. The third-order valence-electron chi connectivity index (χ3n) is 4.63. The number of nitriles is 1. The van der Waals surface area contributed by atoms with Gasteiger partial charge < -0.3 is 14.4 Å². The van der Waals surface area contributed by atoms with E-state index in [1.54, 1.807) is 0 Å². The predicted molar refractivity (Wildman–Crippen MR) is 93.3 cm³/mol. The monoisotopic (exact) mass is 374 g/mol. The van der Waals surface area contributed by atoms with E-state index < -0.39 is 16.3 Å². The van der Waals surface area contributed by atoms with Gasteiger partial charge in [0, 0.05) is 32.0 Å². The van der Waals surface area contributed by atoms with Crippen LogP contribution in [0.5, 0.6) is 0 Å². The summed E-state index contributed by atoms with van der Waals surface area (Å²) in [6.07, 6.45) is 1.28. The van der Waals surface area contributed by atoms with E-state index in [1.165, 1.54) is 12.1 Å². The van der Waals surface area contributed by atoms with Gasteiger partial charge in [-0.25, -0.2) is 0 Å². The standard InChI is InChI=1S/C16H14N4O5S/c17-9-10-7-11-13(12(8-10)20(22)23)26-15(18-14(11)21)19-3-1-16(2-4-19)24-5-6-25-16/h7-8H,1-6H2. The lowest BCUT2D eigenvalue weighted by Gasteiger charge is -2.37. The Morgan fingerprint density at radius 1 is 1.31 bits per heavy atom. The van der Waals surface area contributed by atoms with Gasteiger partial charge in [-0.15, -0.1) is 0 Å².